The number of rotatable bonds is 5. The van der Waals surface area contributed by atoms with E-state index in [9.17, 15) is 4.39 Å². The highest BCUT2D eigenvalue weighted by Crippen LogP contribution is 2.19. The average Bonchev–Trinajstić information content (AvgIpc) is 2.38. The van der Waals surface area contributed by atoms with Crippen LogP contribution in [-0.4, -0.2) is 16.5 Å². The van der Waals surface area contributed by atoms with Crippen LogP contribution < -0.4 is 10.1 Å². The van der Waals surface area contributed by atoms with Crippen molar-refractivity contribution in [2.24, 2.45) is 0 Å². The van der Waals surface area contributed by atoms with Crippen molar-refractivity contribution < 1.29 is 9.13 Å². The fraction of sp³-hybridized carbons (Fsp3) is 0.286. The highest BCUT2D eigenvalue weighted by atomic mass is 19.1. The molecule has 0 fully saturated rings. The first-order valence-corrected chi connectivity index (χ1v) is 6.15. The maximum Gasteiger partial charge on any atom is 0.322 e. The van der Waals surface area contributed by atoms with Crippen molar-refractivity contribution in [3.8, 4) is 11.8 Å². The fourth-order valence-electron chi connectivity index (χ4n) is 1.59. The largest absolute Gasteiger partial charge is 0.424 e. The van der Waals surface area contributed by atoms with Gasteiger partial charge in [-0.2, -0.15) is 4.98 Å². The molecule has 0 saturated heterocycles. The number of benzene rings is 1. The lowest BCUT2D eigenvalue weighted by atomic mass is 10.2. The first-order chi connectivity index (χ1) is 9.19. The fourth-order valence-corrected chi connectivity index (χ4v) is 1.59. The first-order valence-electron chi connectivity index (χ1n) is 6.15. The topological polar surface area (TPSA) is 47.0 Å². The van der Waals surface area contributed by atoms with Gasteiger partial charge in [-0.25, -0.2) is 9.37 Å². The molecule has 0 saturated carbocycles. The van der Waals surface area contributed by atoms with Gasteiger partial charge in [0.2, 0.25) is 0 Å². The van der Waals surface area contributed by atoms with Gasteiger partial charge in [0.05, 0.1) is 0 Å². The molecule has 1 heterocycles. The van der Waals surface area contributed by atoms with Crippen molar-refractivity contribution in [2.75, 3.05) is 6.54 Å². The lowest BCUT2D eigenvalue weighted by molar-refractivity contribution is 0.435. The molecule has 0 bridgehead atoms. The summed E-state index contributed by atoms with van der Waals surface area (Å²) in [6, 6.07) is 6.12. The molecule has 0 unspecified atom stereocenters. The molecule has 100 valence electrons. The van der Waals surface area contributed by atoms with Crippen LogP contribution >= 0.6 is 0 Å². The Balaban J connectivity index is 2.11. The van der Waals surface area contributed by atoms with E-state index in [-0.39, 0.29) is 11.8 Å². The summed E-state index contributed by atoms with van der Waals surface area (Å²) in [4.78, 5) is 8.38. The number of halogens is 1. The first kappa shape index (κ1) is 13.4. The predicted molar refractivity (Wildman–Crippen MR) is 70.6 cm³/mol. The average molecular weight is 261 g/mol. The molecule has 1 aromatic heterocycles. The van der Waals surface area contributed by atoms with E-state index in [1.165, 1.54) is 12.1 Å². The Bertz CT molecular complexity index is 560. The van der Waals surface area contributed by atoms with Crippen molar-refractivity contribution in [1.29, 1.82) is 0 Å². The zero-order valence-corrected chi connectivity index (χ0v) is 11.0. The molecule has 0 spiro atoms. The van der Waals surface area contributed by atoms with E-state index in [1.807, 2.05) is 13.8 Å². The van der Waals surface area contributed by atoms with Crippen LogP contribution in [0.15, 0.2) is 30.5 Å². The van der Waals surface area contributed by atoms with Gasteiger partial charge in [0.25, 0.3) is 0 Å². The van der Waals surface area contributed by atoms with Gasteiger partial charge in [-0.15, -0.1) is 0 Å². The molecule has 1 aromatic carbocycles. The van der Waals surface area contributed by atoms with Gasteiger partial charge in [-0.3, -0.25) is 0 Å². The van der Waals surface area contributed by atoms with Crippen molar-refractivity contribution in [3.05, 3.63) is 47.5 Å². The standard InChI is InChI=1S/C14H16FN3O/c1-3-16-8-11-9-17-14(18-10(11)2)19-13-6-4-5-12(15)7-13/h4-7,9,16H,3,8H2,1-2H3. The minimum absolute atomic E-state index is 0.225. The lowest BCUT2D eigenvalue weighted by Crippen LogP contribution is -2.13. The van der Waals surface area contributed by atoms with E-state index in [4.69, 9.17) is 4.74 Å². The van der Waals surface area contributed by atoms with Gasteiger partial charge in [0.1, 0.15) is 11.6 Å². The second-order valence-electron chi connectivity index (χ2n) is 4.10. The molecule has 0 aliphatic carbocycles. The van der Waals surface area contributed by atoms with E-state index >= 15 is 0 Å². The van der Waals surface area contributed by atoms with Gasteiger partial charge in [-0.05, 0) is 25.6 Å². The summed E-state index contributed by atoms with van der Waals surface area (Å²) in [6.45, 7) is 5.55. The molecule has 2 aromatic rings. The number of ether oxygens (including phenoxy) is 1. The predicted octanol–water partition coefficient (Wildman–Crippen LogP) is 2.83. The Hall–Kier alpha value is -2.01. The molecule has 2 rings (SSSR count). The highest BCUT2D eigenvalue weighted by Gasteiger charge is 2.05. The number of aromatic nitrogens is 2. The normalized spacial score (nSPS) is 10.5. The molecule has 0 aliphatic rings. The third-order valence-electron chi connectivity index (χ3n) is 2.63. The molecule has 0 atom stereocenters. The lowest BCUT2D eigenvalue weighted by Gasteiger charge is -2.08. The number of nitrogens with one attached hydrogen (secondary N) is 1. The van der Waals surface area contributed by atoms with Crippen LogP contribution in [0.5, 0.6) is 11.8 Å². The van der Waals surface area contributed by atoms with E-state index in [1.54, 1.807) is 18.3 Å². The molecule has 0 amide bonds. The summed E-state index contributed by atoms with van der Waals surface area (Å²) in [7, 11) is 0. The molecule has 1 N–H and O–H groups in total. The summed E-state index contributed by atoms with van der Waals surface area (Å²) in [5, 5.41) is 3.21. The smallest absolute Gasteiger partial charge is 0.322 e. The van der Waals surface area contributed by atoms with Crippen molar-refractivity contribution in [1.82, 2.24) is 15.3 Å². The van der Waals surface area contributed by atoms with Crippen LogP contribution in [0.3, 0.4) is 0 Å². The maximum absolute atomic E-state index is 13.0. The third-order valence-corrected chi connectivity index (χ3v) is 2.63. The Morgan fingerprint density at radius 2 is 2.21 bits per heavy atom. The summed E-state index contributed by atoms with van der Waals surface area (Å²) < 4.78 is 18.4. The molecule has 4 nitrogen and oxygen atoms in total. The van der Waals surface area contributed by atoms with Gasteiger partial charge in [-0.1, -0.05) is 13.0 Å². The van der Waals surface area contributed by atoms with Gasteiger partial charge in [0, 0.05) is 30.1 Å². The second-order valence-corrected chi connectivity index (χ2v) is 4.10. The van der Waals surface area contributed by atoms with E-state index in [2.05, 4.69) is 15.3 Å². The van der Waals surface area contributed by atoms with Gasteiger partial charge in [0.15, 0.2) is 0 Å². The van der Waals surface area contributed by atoms with E-state index < -0.39 is 0 Å². The van der Waals surface area contributed by atoms with Crippen LogP contribution in [0.4, 0.5) is 4.39 Å². The Labute approximate surface area is 111 Å². The van der Waals surface area contributed by atoms with Gasteiger partial charge < -0.3 is 10.1 Å². The Morgan fingerprint density at radius 1 is 1.37 bits per heavy atom. The highest BCUT2D eigenvalue weighted by molar-refractivity contribution is 5.26. The summed E-state index contributed by atoms with van der Waals surface area (Å²) in [5.74, 6) is 0.0387. The van der Waals surface area contributed by atoms with Crippen molar-refractivity contribution in [2.45, 2.75) is 20.4 Å². The molecule has 0 aliphatic heterocycles. The summed E-state index contributed by atoms with van der Waals surface area (Å²) in [5.41, 5.74) is 1.87. The molecule has 0 radical (unpaired) electrons. The van der Waals surface area contributed by atoms with Crippen LogP contribution in [0.25, 0.3) is 0 Å². The summed E-state index contributed by atoms with van der Waals surface area (Å²) in [6.07, 6.45) is 1.72. The van der Waals surface area contributed by atoms with Crippen molar-refractivity contribution >= 4 is 0 Å². The van der Waals surface area contributed by atoms with Gasteiger partial charge >= 0.3 is 6.01 Å². The maximum atomic E-state index is 13.0. The monoisotopic (exact) mass is 261 g/mol. The van der Waals surface area contributed by atoms with Crippen LogP contribution in [-0.2, 0) is 6.54 Å². The number of nitrogens with zero attached hydrogens (tertiary/aromatic N) is 2. The number of hydrogen-bond acceptors (Lipinski definition) is 4. The van der Waals surface area contributed by atoms with Crippen LogP contribution in [0.2, 0.25) is 0 Å². The van der Waals surface area contributed by atoms with E-state index in [0.717, 1.165) is 24.3 Å². The zero-order valence-electron chi connectivity index (χ0n) is 11.0. The minimum atomic E-state index is -0.349. The summed E-state index contributed by atoms with van der Waals surface area (Å²) >= 11 is 0. The minimum Gasteiger partial charge on any atom is -0.424 e. The van der Waals surface area contributed by atoms with Crippen LogP contribution in [0, 0.1) is 12.7 Å². The number of aryl methyl sites for hydroxylation is 1. The van der Waals surface area contributed by atoms with Crippen molar-refractivity contribution in [3.63, 3.8) is 0 Å². The molecule has 19 heavy (non-hydrogen) atoms. The van der Waals surface area contributed by atoms with Crippen LogP contribution in [0.1, 0.15) is 18.2 Å². The second kappa shape index (κ2) is 6.24. The third kappa shape index (κ3) is 3.72. The molecule has 5 heteroatoms. The zero-order chi connectivity index (χ0) is 13.7. The Morgan fingerprint density at radius 3 is 2.89 bits per heavy atom. The number of hydrogen-bond donors (Lipinski definition) is 1. The molecular formula is C14H16FN3O. The SMILES string of the molecule is CCNCc1cnc(Oc2cccc(F)c2)nc1C. The Kier molecular flexibility index (Phi) is 4.41. The molecular weight excluding hydrogens is 245 g/mol. The van der Waals surface area contributed by atoms with E-state index in [0.29, 0.717) is 5.75 Å². The quantitative estimate of drug-likeness (QED) is 0.899.